The maximum atomic E-state index is 11.4. The van der Waals surface area contributed by atoms with Crippen LogP contribution >= 0.6 is 0 Å². The Bertz CT molecular complexity index is 535. The molecule has 0 unspecified atom stereocenters. The van der Waals surface area contributed by atoms with E-state index in [0.29, 0.717) is 6.54 Å². The summed E-state index contributed by atoms with van der Waals surface area (Å²) in [5, 5.41) is 16.2. The molecule has 0 aliphatic carbocycles. The topological polar surface area (TPSA) is 61.4 Å². The van der Waals surface area contributed by atoms with Crippen LogP contribution in [0.2, 0.25) is 0 Å². The second-order valence-corrected chi connectivity index (χ2v) is 3.97. The van der Waals surface area contributed by atoms with Gasteiger partial charge in [-0.05, 0) is 16.3 Å². The first-order chi connectivity index (χ1) is 8.81. The highest BCUT2D eigenvalue weighted by Gasteiger charge is 2.02. The Morgan fingerprint density at radius 2 is 1.83 bits per heavy atom. The van der Waals surface area contributed by atoms with Crippen molar-refractivity contribution < 1.29 is 9.90 Å². The fourth-order valence-corrected chi connectivity index (χ4v) is 1.85. The molecule has 0 saturated heterocycles. The van der Waals surface area contributed by atoms with Crippen LogP contribution < -0.4 is 10.6 Å². The monoisotopic (exact) mass is 244 g/mol. The van der Waals surface area contributed by atoms with E-state index in [1.807, 2.05) is 42.5 Å². The molecule has 3 N–H and O–H groups in total. The number of amides is 2. The first-order valence-corrected chi connectivity index (χ1v) is 5.90. The summed E-state index contributed by atoms with van der Waals surface area (Å²) in [6.07, 6.45) is 0. The smallest absolute Gasteiger partial charge is 0.315 e. The molecule has 2 aromatic rings. The van der Waals surface area contributed by atoms with Crippen molar-refractivity contribution in [1.29, 1.82) is 0 Å². The summed E-state index contributed by atoms with van der Waals surface area (Å²) in [6.45, 7) is 0.682. The van der Waals surface area contributed by atoms with Crippen LogP contribution in [0.15, 0.2) is 42.5 Å². The highest BCUT2D eigenvalue weighted by atomic mass is 16.3. The largest absolute Gasteiger partial charge is 0.395 e. The second kappa shape index (κ2) is 6.02. The van der Waals surface area contributed by atoms with Gasteiger partial charge in [-0.3, -0.25) is 0 Å². The van der Waals surface area contributed by atoms with Crippen molar-refractivity contribution in [3.8, 4) is 0 Å². The molecule has 0 fully saturated rings. The summed E-state index contributed by atoms with van der Waals surface area (Å²) in [5.74, 6) is 0. The Kier molecular flexibility index (Phi) is 4.15. The van der Waals surface area contributed by atoms with Crippen LogP contribution in [-0.2, 0) is 6.54 Å². The van der Waals surface area contributed by atoms with Crippen LogP contribution in [-0.4, -0.2) is 24.3 Å². The first-order valence-electron chi connectivity index (χ1n) is 5.90. The predicted octanol–water partition coefficient (Wildman–Crippen LogP) is 1.63. The lowest BCUT2D eigenvalue weighted by molar-refractivity contribution is 0.234. The summed E-state index contributed by atoms with van der Waals surface area (Å²) in [7, 11) is 0. The van der Waals surface area contributed by atoms with Gasteiger partial charge in [0.15, 0.2) is 0 Å². The number of benzene rings is 2. The van der Waals surface area contributed by atoms with Gasteiger partial charge in [0, 0.05) is 13.1 Å². The highest BCUT2D eigenvalue weighted by molar-refractivity contribution is 5.86. The molecule has 2 aromatic carbocycles. The Balaban J connectivity index is 2.05. The van der Waals surface area contributed by atoms with E-state index >= 15 is 0 Å². The standard InChI is InChI=1S/C14H16N2O2/c17-9-8-15-14(18)16-10-12-6-3-5-11-4-1-2-7-13(11)12/h1-7,17H,8-10H2,(H2,15,16,18). The molecule has 2 rings (SSSR count). The second-order valence-electron chi connectivity index (χ2n) is 3.97. The van der Waals surface area contributed by atoms with Gasteiger partial charge < -0.3 is 15.7 Å². The third kappa shape index (κ3) is 2.99. The third-order valence-electron chi connectivity index (χ3n) is 2.72. The number of fused-ring (bicyclic) bond motifs is 1. The molecular formula is C14H16N2O2. The molecule has 0 atom stereocenters. The van der Waals surface area contributed by atoms with E-state index in [9.17, 15) is 4.79 Å². The van der Waals surface area contributed by atoms with E-state index in [0.717, 1.165) is 16.3 Å². The Hall–Kier alpha value is -2.07. The van der Waals surface area contributed by atoms with Crippen molar-refractivity contribution >= 4 is 16.8 Å². The Morgan fingerprint density at radius 3 is 2.67 bits per heavy atom. The van der Waals surface area contributed by atoms with Gasteiger partial charge in [0.1, 0.15) is 0 Å². The van der Waals surface area contributed by atoms with Crippen molar-refractivity contribution in [3.05, 3.63) is 48.0 Å². The van der Waals surface area contributed by atoms with E-state index in [4.69, 9.17) is 5.11 Å². The average Bonchev–Trinajstić information content (AvgIpc) is 2.42. The summed E-state index contributed by atoms with van der Waals surface area (Å²) >= 11 is 0. The highest BCUT2D eigenvalue weighted by Crippen LogP contribution is 2.17. The molecule has 2 amide bonds. The van der Waals surface area contributed by atoms with Crippen molar-refractivity contribution in [2.24, 2.45) is 0 Å². The summed E-state index contributed by atoms with van der Waals surface area (Å²) in [5.41, 5.74) is 1.08. The van der Waals surface area contributed by atoms with Crippen LogP contribution in [0.5, 0.6) is 0 Å². The van der Waals surface area contributed by atoms with Crippen LogP contribution in [0.1, 0.15) is 5.56 Å². The Morgan fingerprint density at radius 1 is 1.06 bits per heavy atom. The number of carbonyl (C=O) groups excluding carboxylic acids is 1. The van der Waals surface area contributed by atoms with Gasteiger partial charge in [0.2, 0.25) is 0 Å². The van der Waals surface area contributed by atoms with Crippen molar-refractivity contribution in [3.63, 3.8) is 0 Å². The molecule has 0 aromatic heterocycles. The number of carbonyl (C=O) groups is 1. The van der Waals surface area contributed by atoms with Crippen molar-refractivity contribution in [2.75, 3.05) is 13.2 Å². The zero-order valence-corrected chi connectivity index (χ0v) is 10.0. The lowest BCUT2D eigenvalue weighted by Crippen LogP contribution is -2.36. The number of hydrogen-bond acceptors (Lipinski definition) is 2. The maximum absolute atomic E-state index is 11.4. The minimum absolute atomic E-state index is 0.0539. The lowest BCUT2D eigenvalue weighted by Gasteiger charge is -2.09. The summed E-state index contributed by atoms with van der Waals surface area (Å²) < 4.78 is 0. The van der Waals surface area contributed by atoms with E-state index in [1.165, 1.54) is 0 Å². The molecule has 0 radical (unpaired) electrons. The van der Waals surface area contributed by atoms with Gasteiger partial charge in [0.25, 0.3) is 0 Å². The van der Waals surface area contributed by atoms with Crippen LogP contribution in [0.3, 0.4) is 0 Å². The normalized spacial score (nSPS) is 10.3. The van der Waals surface area contributed by atoms with Crippen LogP contribution in [0, 0.1) is 0 Å². The van der Waals surface area contributed by atoms with Gasteiger partial charge in [-0.25, -0.2) is 4.79 Å². The zero-order valence-electron chi connectivity index (χ0n) is 10.0. The van der Waals surface area contributed by atoms with Gasteiger partial charge in [-0.1, -0.05) is 42.5 Å². The van der Waals surface area contributed by atoms with Gasteiger partial charge in [0.05, 0.1) is 6.61 Å². The molecule has 4 heteroatoms. The number of aliphatic hydroxyl groups is 1. The molecule has 0 spiro atoms. The third-order valence-corrected chi connectivity index (χ3v) is 2.72. The fraction of sp³-hybridized carbons (Fsp3) is 0.214. The fourth-order valence-electron chi connectivity index (χ4n) is 1.85. The van der Waals surface area contributed by atoms with Gasteiger partial charge in [-0.2, -0.15) is 0 Å². The number of rotatable bonds is 4. The Labute approximate surface area is 106 Å². The molecule has 94 valence electrons. The van der Waals surface area contributed by atoms with E-state index in [2.05, 4.69) is 10.6 Å². The number of nitrogens with one attached hydrogen (secondary N) is 2. The zero-order chi connectivity index (χ0) is 12.8. The molecule has 18 heavy (non-hydrogen) atoms. The SMILES string of the molecule is O=C(NCCO)NCc1cccc2ccccc12. The van der Waals surface area contributed by atoms with Crippen LogP contribution in [0.4, 0.5) is 4.79 Å². The molecule has 4 nitrogen and oxygen atoms in total. The quantitative estimate of drug-likeness (QED) is 0.765. The number of aliphatic hydroxyl groups excluding tert-OH is 1. The first kappa shape index (κ1) is 12.4. The van der Waals surface area contributed by atoms with E-state index < -0.39 is 0 Å². The molecule has 0 heterocycles. The average molecular weight is 244 g/mol. The minimum atomic E-state index is -0.267. The minimum Gasteiger partial charge on any atom is -0.395 e. The van der Waals surface area contributed by atoms with Crippen LogP contribution in [0.25, 0.3) is 10.8 Å². The summed E-state index contributed by atoms with van der Waals surface area (Å²) in [4.78, 5) is 11.4. The summed E-state index contributed by atoms with van der Waals surface area (Å²) in [6, 6.07) is 13.8. The van der Waals surface area contributed by atoms with E-state index in [-0.39, 0.29) is 19.2 Å². The molecule has 0 bridgehead atoms. The molecule has 0 saturated carbocycles. The number of hydrogen-bond donors (Lipinski definition) is 3. The van der Waals surface area contributed by atoms with Gasteiger partial charge in [-0.15, -0.1) is 0 Å². The van der Waals surface area contributed by atoms with Crippen molar-refractivity contribution in [1.82, 2.24) is 10.6 Å². The predicted molar refractivity (Wildman–Crippen MR) is 71.3 cm³/mol. The maximum Gasteiger partial charge on any atom is 0.315 e. The molecule has 0 aliphatic heterocycles. The molecular weight excluding hydrogens is 228 g/mol. The molecule has 0 aliphatic rings. The van der Waals surface area contributed by atoms with Crippen molar-refractivity contribution in [2.45, 2.75) is 6.54 Å². The van der Waals surface area contributed by atoms with E-state index in [1.54, 1.807) is 0 Å². The van der Waals surface area contributed by atoms with Gasteiger partial charge >= 0.3 is 6.03 Å². The number of urea groups is 1. The lowest BCUT2D eigenvalue weighted by atomic mass is 10.0.